The number of amides is 1. The van der Waals surface area contributed by atoms with Crippen LogP contribution in [0.3, 0.4) is 0 Å². The topological polar surface area (TPSA) is 46.9 Å². The summed E-state index contributed by atoms with van der Waals surface area (Å²) in [5.41, 5.74) is 2.15. The molecule has 1 aliphatic rings. The van der Waals surface area contributed by atoms with Crippen LogP contribution in [-0.4, -0.2) is 22.2 Å². The minimum atomic E-state index is 0.0799. The van der Waals surface area contributed by atoms with Gasteiger partial charge >= 0.3 is 0 Å². The molecular formula is C18H25N3OS. The molecule has 0 spiro atoms. The van der Waals surface area contributed by atoms with Crippen molar-refractivity contribution in [3.05, 3.63) is 39.8 Å². The van der Waals surface area contributed by atoms with Crippen molar-refractivity contribution in [2.24, 2.45) is 5.92 Å². The second kappa shape index (κ2) is 7.30. The number of hydrogen-bond donors (Lipinski definition) is 1. The summed E-state index contributed by atoms with van der Waals surface area (Å²) in [5.74, 6) is 0.418. The highest BCUT2D eigenvalue weighted by Gasteiger charge is 2.24. The van der Waals surface area contributed by atoms with E-state index in [0.29, 0.717) is 6.54 Å². The molecule has 0 saturated heterocycles. The Morgan fingerprint density at radius 2 is 2.17 bits per heavy atom. The number of thiophene rings is 1. The average Bonchev–Trinajstić information content (AvgIpc) is 3.19. The number of carbonyl (C=O) groups excluding carboxylic acids is 1. The summed E-state index contributed by atoms with van der Waals surface area (Å²) in [7, 11) is 0. The molecule has 5 heteroatoms. The van der Waals surface area contributed by atoms with Crippen LogP contribution in [0, 0.1) is 19.8 Å². The Morgan fingerprint density at radius 1 is 1.39 bits per heavy atom. The van der Waals surface area contributed by atoms with Crippen LogP contribution in [0.5, 0.6) is 0 Å². The molecule has 1 unspecified atom stereocenters. The zero-order valence-electron chi connectivity index (χ0n) is 13.9. The van der Waals surface area contributed by atoms with Crippen molar-refractivity contribution in [1.82, 2.24) is 15.1 Å². The summed E-state index contributed by atoms with van der Waals surface area (Å²) in [4.78, 5) is 13.7. The molecule has 1 atom stereocenters. The second-order valence-electron chi connectivity index (χ2n) is 6.48. The first-order valence-corrected chi connectivity index (χ1v) is 9.37. The quantitative estimate of drug-likeness (QED) is 0.904. The number of rotatable bonds is 5. The van der Waals surface area contributed by atoms with Gasteiger partial charge in [-0.3, -0.25) is 9.48 Å². The van der Waals surface area contributed by atoms with Crippen molar-refractivity contribution < 1.29 is 4.79 Å². The largest absolute Gasteiger partial charge is 0.353 e. The van der Waals surface area contributed by atoms with E-state index in [-0.39, 0.29) is 17.9 Å². The van der Waals surface area contributed by atoms with E-state index in [2.05, 4.69) is 40.9 Å². The molecule has 3 rings (SSSR count). The lowest BCUT2D eigenvalue weighted by Crippen LogP contribution is -2.36. The van der Waals surface area contributed by atoms with Crippen LogP contribution >= 0.6 is 11.3 Å². The number of aryl methyl sites for hydroxylation is 2. The first kappa shape index (κ1) is 16.2. The molecule has 1 N–H and O–H groups in total. The Hall–Kier alpha value is -1.62. The van der Waals surface area contributed by atoms with Gasteiger partial charge in [0.1, 0.15) is 6.04 Å². The van der Waals surface area contributed by atoms with Gasteiger partial charge in [-0.1, -0.05) is 25.3 Å². The molecule has 0 aliphatic heterocycles. The van der Waals surface area contributed by atoms with Gasteiger partial charge in [-0.15, -0.1) is 11.3 Å². The average molecular weight is 331 g/mol. The van der Waals surface area contributed by atoms with E-state index in [1.165, 1.54) is 24.1 Å². The zero-order chi connectivity index (χ0) is 16.2. The van der Waals surface area contributed by atoms with Crippen LogP contribution in [0.25, 0.3) is 0 Å². The van der Waals surface area contributed by atoms with Crippen molar-refractivity contribution in [2.45, 2.75) is 52.0 Å². The van der Waals surface area contributed by atoms with Gasteiger partial charge in [-0.25, -0.2) is 0 Å². The van der Waals surface area contributed by atoms with Gasteiger partial charge in [0.25, 0.3) is 0 Å². The van der Waals surface area contributed by atoms with Gasteiger partial charge in [0, 0.05) is 23.0 Å². The molecule has 0 aromatic carbocycles. The molecule has 2 aromatic rings. The molecule has 0 radical (unpaired) electrons. The summed E-state index contributed by atoms with van der Waals surface area (Å²) in [5, 5.41) is 9.89. The molecule has 2 heterocycles. The van der Waals surface area contributed by atoms with Crippen LogP contribution in [-0.2, 0) is 4.79 Å². The highest BCUT2D eigenvalue weighted by atomic mass is 32.1. The monoisotopic (exact) mass is 331 g/mol. The van der Waals surface area contributed by atoms with Gasteiger partial charge < -0.3 is 5.32 Å². The van der Waals surface area contributed by atoms with E-state index in [9.17, 15) is 4.79 Å². The molecule has 1 aliphatic carbocycles. The van der Waals surface area contributed by atoms with E-state index in [4.69, 9.17) is 0 Å². The predicted molar refractivity (Wildman–Crippen MR) is 93.7 cm³/mol. The van der Waals surface area contributed by atoms with E-state index < -0.39 is 0 Å². The van der Waals surface area contributed by atoms with Crippen LogP contribution in [0.15, 0.2) is 23.6 Å². The van der Waals surface area contributed by atoms with Gasteiger partial charge in [-0.2, -0.15) is 5.10 Å². The maximum absolute atomic E-state index is 12.5. The van der Waals surface area contributed by atoms with Crippen molar-refractivity contribution >= 4 is 17.2 Å². The number of carbonyl (C=O) groups is 1. The summed E-state index contributed by atoms with van der Waals surface area (Å²) in [6.07, 6.45) is 5.71. The van der Waals surface area contributed by atoms with Crippen LogP contribution in [0.2, 0.25) is 0 Å². The normalized spacial score (nSPS) is 17.1. The molecule has 124 valence electrons. The molecular weight excluding hydrogens is 306 g/mol. The van der Waals surface area contributed by atoms with Crippen molar-refractivity contribution in [1.29, 1.82) is 0 Å². The van der Waals surface area contributed by atoms with E-state index in [1.54, 1.807) is 11.3 Å². The lowest BCUT2D eigenvalue weighted by Gasteiger charge is -2.23. The molecule has 0 bridgehead atoms. The highest BCUT2D eigenvalue weighted by molar-refractivity contribution is 7.10. The maximum atomic E-state index is 12.5. The Labute approximate surface area is 141 Å². The van der Waals surface area contributed by atoms with Crippen molar-refractivity contribution in [3.8, 4) is 0 Å². The third kappa shape index (κ3) is 3.83. The molecule has 2 aromatic heterocycles. The van der Waals surface area contributed by atoms with E-state index in [0.717, 1.165) is 24.2 Å². The number of nitrogens with one attached hydrogen (secondary N) is 1. The van der Waals surface area contributed by atoms with E-state index >= 15 is 0 Å². The third-order valence-corrected chi connectivity index (χ3v) is 5.63. The molecule has 23 heavy (non-hydrogen) atoms. The van der Waals surface area contributed by atoms with Gasteiger partial charge in [0.05, 0.1) is 5.69 Å². The van der Waals surface area contributed by atoms with E-state index in [1.807, 2.05) is 11.6 Å². The van der Waals surface area contributed by atoms with Crippen molar-refractivity contribution in [3.63, 3.8) is 0 Å². The SMILES string of the molecule is Cc1cc(C)n(C(CNC(=O)C2CCCCC2)c2cccs2)n1. The van der Waals surface area contributed by atoms with Crippen LogP contribution in [0.4, 0.5) is 0 Å². The fraction of sp³-hybridized carbons (Fsp3) is 0.556. The number of aromatic nitrogens is 2. The first-order chi connectivity index (χ1) is 11.1. The fourth-order valence-corrected chi connectivity index (χ4v) is 4.27. The number of hydrogen-bond acceptors (Lipinski definition) is 3. The van der Waals surface area contributed by atoms with Gasteiger partial charge in [0.15, 0.2) is 0 Å². The Balaban J connectivity index is 1.72. The minimum absolute atomic E-state index is 0.0799. The molecule has 4 nitrogen and oxygen atoms in total. The van der Waals surface area contributed by atoms with Gasteiger partial charge in [-0.05, 0) is 44.2 Å². The minimum Gasteiger partial charge on any atom is -0.353 e. The maximum Gasteiger partial charge on any atom is 0.223 e. The number of nitrogens with zero attached hydrogens (tertiary/aromatic N) is 2. The van der Waals surface area contributed by atoms with Crippen LogP contribution in [0.1, 0.15) is 54.4 Å². The smallest absolute Gasteiger partial charge is 0.223 e. The summed E-state index contributed by atoms with van der Waals surface area (Å²) in [6, 6.07) is 6.35. The zero-order valence-corrected chi connectivity index (χ0v) is 14.7. The van der Waals surface area contributed by atoms with Gasteiger partial charge in [0.2, 0.25) is 5.91 Å². The summed E-state index contributed by atoms with van der Waals surface area (Å²) >= 11 is 1.72. The Morgan fingerprint density at radius 3 is 2.78 bits per heavy atom. The Bertz CT molecular complexity index is 641. The molecule has 1 saturated carbocycles. The highest BCUT2D eigenvalue weighted by Crippen LogP contribution is 2.26. The molecule has 1 fully saturated rings. The second-order valence-corrected chi connectivity index (χ2v) is 7.46. The lowest BCUT2D eigenvalue weighted by atomic mass is 9.88. The third-order valence-electron chi connectivity index (χ3n) is 4.66. The standard InChI is InChI=1S/C18H25N3OS/c1-13-11-14(2)21(20-13)16(17-9-6-10-23-17)12-19-18(22)15-7-4-3-5-8-15/h6,9-11,15-16H,3-5,7-8,12H2,1-2H3,(H,19,22). The lowest BCUT2D eigenvalue weighted by molar-refractivity contribution is -0.126. The first-order valence-electron chi connectivity index (χ1n) is 8.49. The Kier molecular flexibility index (Phi) is 5.16. The predicted octanol–water partition coefficient (Wildman–Crippen LogP) is 3.85. The summed E-state index contributed by atoms with van der Waals surface area (Å²) in [6.45, 7) is 4.69. The fourth-order valence-electron chi connectivity index (χ4n) is 3.46. The molecule has 1 amide bonds. The van der Waals surface area contributed by atoms with Crippen molar-refractivity contribution in [2.75, 3.05) is 6.54 Å². The van der Waals surface area contributed by atoms with Crippen LogP contribution < -0.4 is 5.32 Å². The summed E-state index contributed by atoms with van der Waals surface area (Å²) < 4.78 is 2.04.